The SMILES string of the molecule is CC(C)(C)c1ccccc1Oc1ncccc1Nc1nc(C(C)(C)CCN2CCCC2)c(-c2ccccc2)s1. The van der Waals surface area contributed by atoms with E-state index in [1.807, 2.05) is 24.3 Å². The van der Waals surface area contributed by atoms with E-state index in [-0.39, 0.29) is 10.8 Å². The predicted molar refractivity (Wildman–Crippen MR) is 164 cm³/mol. The van der Waals surface area contributed by atoms with Crippen LogP contribution in [-0.4, -0.2) is 34.5 Å². The molecule has 1 aliphatic rings. The lowest BCUT2D eigenvalue weighted by Crippen LogP contribution is -2.28. The average Bonchev–Trinajstić information content (AvgIpc) is 3.60. The van der Waals surface area contributed by atoms with Gasteiger partial charge in [-0.1, -0.05) is 94.5 Å². The second-order valence-electron chi connectivity index (χ2n) is 12.1. The van der Waals surface area contributed by atoms with Crippen LogP contribution in [0.2, 0.25) is 0 Å². The van der Waals surface area contributed by atoms with Gasteiger partial charge in [-0.2, -0.15) is 0 Å². The Balaban J connectivity index is 1.45. The van der Waals surface area contributed by atoms with Gasteiger partial charge in [-0.3, -0.25) is 0 Å². The Kier molecular flexibility index (Phi) is 8.06. The van der Waals surface area contributed by atoms with Crippen molar-refractivity contribution >= 4 is 22.2 Å². The Labute approximate surface area is 237 Å². The van der Waals surface area contributed by atoms with Crippen LogP contribution in [0.1, 0.15) is 65.1 Å². The minimum atomic E-state index is -0.0654. The molecule has 0 amide bonds. The van der Waals surface area contributed by atoms with Gasteiger partial charge in [0.1, 0.15) is 11.4 Å². The molecule has 5 rings (SSSR count). The molecule has 5 nitrogen and oxygen atoms in total. The summed E-state index contributed by atoms with van der Waals surface area (Å²) in [5.74, 6) is 1.36. The second-order valence-corrected chi connectivity index (χ2v) is 13.1. The molecule has 3 heterocycles. The van der Waals surface area contributed by atoms with Gasteiger partial charge in [0.05, 0.1) is 10.6 Å². The van der Waals surface area contributed by atoms with E-state index in [0.29, 0.717) is 5.88 Å². The van der Waals surface area contributed by atoms with Crippen molar-refractivity contribution in [2.24, 2.45) is 0 Å². The van der Waals surface area contributed by atoms with Crippen molar-refractivity contribution in [1.82, 2.24) is 14.9 Å². The van der Waals surface area contributed by atoms with Gasteiger partial charge in [-0.05, 0) is 68.1 Å². The largest absolute Gasteiger partial charge is 0.437 e. The van der Waals surface area contributed by atoms with Gasteiger partial charge in [-0.15, -0.1) is 0 Å². The smallest absolute Gasteiger partial charge is 0.243 e. The molecule has 1 fully saturated rings. The van der Waals surface area contributed by atoms with E-state index in [0.717, 1.165) is 40.8 Å². The van der Waals surface area contributed by atoms with Gasteiger partial charge in [0.25, 0.3) is 0 Å². The van der Waals surface area contributed by atoms with Crippen molar-refractivity contribution in [3.8, 4) is 22.1 Å². The van der Waals surface area contributed by atoms with Crippen LogP contribution in [0.25, 0.3) is 10.4 Å². The van der Waals surface area contributed by atoms with Crippen molar-refractivity contribution in [2.75, 3.05) is 25.0 Å². The van der Waals surface area contributed by atoms with E-state index < -0.39 is 0 Å². The summed E-state index contributed by atoms with van der Waals surface area (Å²) < 4.78 is 6.42. The van der Waals surface area contributed by atoms with Gasteiger partial charge >= 0.3 is 0 Å². The van der Waals surface area contributed by atoms with Crippen LogP contribution >= 0.6 is 11.3 Å². The molecule has 4 aromatic rings. The number of aromatic nitrogens is 2. The first kappa shape index (κ1) is 27.4. The Bertz CT molecular complexity index is 1380. The number of ether oxygens (including phenoxy) is 1. The van der Waals surface area contributed by atoms with Crippen LogP contribution in [0, 0.1) is 0 Å². The van der Waals surface area contributed by atoms with E-state index >= 15 is 0 Å². The monoisotopic (exact) mass is 540 g/mol. The Hall–Kier alpha value is -3.22. The molecular weight excluding hydrogens is 500 g/mol. The van der Waals surface area contributed by atoms with Crippen LogP contribution in [0.3, 0.4) is 0 Å². The highest BCUT2D eigenvalue weighted by Gasteiger charge is 2.30. The van der Waals surface area contributed by atoms with Gasteiger partial charge in [0, 0.05) is 17.2 Å². The summed E-state index contributed by atoms with van der Waals surface area (Å²) in [7, 11) is 0. The Morgan fingerprint density at radius 3 is 2.36 bits per heavy atom. The lowest BCUT2D eigenvalue weighted by molar-refractivity contribution is 0.295. The highest BCUT2D eigenvalue weighted by atomic mass is 32.1. The fourth-order valence-electron chi connectivity index (χ4n) is 5.14. The molecular formula is C33H40N4OS. The number of anilines is 2. The number of rotatable bonds is 9. The highest BCUT2D eigenvalue weighted by Crippen LogP contribution is 2.43. The number of para-hydroxylation sites is 1. The van der Waals surface area contributed by atoms with Crippen LogP contribution in [-0.2, 0) is 10.8 Å². The quantitative estimate of drug-likeness (QED) is 0.230. The van der Waals surface area contributed by atoms with Crippen molar-refractivity contribution < 1.29 is 4.74 Å². The summed E-state index contributed by atoms with van der Waals surface area (Å²) in [6, 6.07) is 22.7. The van der Waals surface area contributed by atoms with Crippen LogP contribution < -0.4 is 10.1 Å². The molecule has 0 radical (unpaired) electrons. The maximum Gasteiger partial charge on any atom is 0.243 e. The molecule has 0 bridgehead atoms. The number of hydrogen-bond donors (Lipinski definition) is 1. The average molecular weight is 541 g/mol. The minimum Gasteiger partial charge on any atom is -0.437 e. The molecule has 2 aromatic heterocycles. The first-order valence-electron chi connectivity index (χ1n) is 14.0. The summed E-state index contributed by atoms with van der Waals surface area (Å²) in [6.07, 6.45) is 5.47. The molecule has 0 unspecified atom stereocenters. The molecule has 204 valence electrons. The Morgan fingerprint density at radius 1 is 0.897 bits per heavy atom. The zero-order chi connectivity index (χ0) is 27.5. The molecule has 0 aliphatic carbocycles. The Morgan fingerprint density at radius 2 is 1.62 bits per heavy atom. The number of likely N-dealkylation sites (tertiary alicyclic amines) is 1. The topological polar surface area (TPSA) is 50.3 Å². The van der Waals surface area contributed by atoms with Crippen molar-refractivity contribution in [2.45, 2.75) is 64.7 Å². The van der Waals surface area contributed by atoms with Crippen LogP contribution in [0.5, 0.6) is 11.6 Å². The third kappa shape index (κ3) is 6.51. The molecule has 39 heavy (non-hydrogen) atoms. The number of benzene rings is 2. The molecule has 6 heteroatoms. The summed E-state index contributed by atoms with van der Waals surface area (Å²) in [4.78, 5) is 13.6. The van der Waals surface area contributed by atoms with Crippen molar-refractivity contribution in [3.63, 3.8) is 0 Å². The lowest BCUT2D eigenvalue weighted by atomic mass is 9.84. The van der Waals surface area contributed by atoms with Crippen molar-refractivity contribution in [3.05, 3.63) is 84.2 Å². The second kappa shape index (κ2) is 11.5. The molecule has 2 aromatic carbocycles. The summed E-state index contributed by atoms with van der Waals surface area (Å²) in [5.41, 5.74) is 4.18. The summed E-state index contributed by atoms with van der Waals surface area (Å²) in [5, 5.41) is 4.41. The molecule has 0 spiro atoms. The number of thiazole rings is 1. The molecule has 1 N–H and O–H groups in total. The van der Waals surface area contributed by atoms with Gasteiger partial charge in [0.15, 0.2) is 5.13 Å². The molecule has 1 aliphatic heterocycles. The fourth-order valence-corrected chi connectivity index (χ4v) is 6.31. The van der Waals surface area contributed by atoms with E-state index in [1.54, 1.807) is 17.5 Å². The zero-order valence-electron chi connectivity index (χ0n) is 23.8. The van der Waals surface area contributed by atoms with Gasteiger partial charge in [0.2, 0.25) is 5.88 Å². The number of nitrogens with one attached hydrogen (secondary N) is 1. The van der Waals surface area contributed by atoms with Crippen molar-refractivity contribution in [1.29, 1.82) is 0 Å². The third-order valence-corrected chi connectivity index (χ3v) is 8.49. The van der Waals surface area contributed by atoms with Gasteiger partial charge < -0.3 is 15.0 Å². The third-order valence-electron chi connectivity index (χ3n) is 7.47. The lowest BCUT2D eigenvalue weighted by Gasteiger charge is -2.27. The first-order valence-corrected chi connectivity index (χ1v) is 14.8. The maximum absolute atomic E-state index is 6.42. The van der Waals surface area contributed by atoms with E-state index in [1.165, 1.54) is 36.4 Å². The molecule has 0 saturated carbocycles. The first-order chi connectivity index (χ1) is 18.7. The summed E-state index contributed by atoms with van der Waals surface area (Å²) >= 11 is 1.70. The van der Waals surface area contributed by atoms with E-state index in [4.69, 9.17) is 9.72 Å². The predicted octanol–water partition coefficient (Wildman–Crippen LogP) is 8.80. The maximum atomic E-state index is 6.42. The minimum absolute atomic E-state index is 0.0472. The highest BCUT2D eigenvalue weighted by molar-refractivity contribution is 7.19. The van der Waals surface area contributed by atoms with Crippen LogP contribution in [0.4, 0.5) is 10.8 Å². The number of nitrogens with zero attached hydrogens (tertiary/aromatic N) is 3. The normalized spacial score (nSPS) is 14.5. The van der Waals surface area contributed by atoms with E-state index in [2.05, 4.69) is 92.3 Å². The number of hydrogen-bond acceptors (Lipinski definition) is 6. The molecule has 0 atom stereocenters. The zero-order valence-corrected chi connectivity index (χ0v) is 24.6. The molecule has 1 saturated heterocycles. The van der Waals surface area contributed by atoms with E-state index in [9.17, 15) is 0 Å². The fraction of sp³-hybridized carbons (Fsp3) is 0.394. The number of pyridine rings is 1. The van der Waals surface area contributed by atoms with Gasteiger partial charge in [-0.25, -0.2) is 9.97 Å². The summed E-state index contributed by atoms with van der Waals surface area (Å²) in [6.45, 7) is 14.8. The van der Waals surface area contributed by atoms with Crippen LogP contribution in [0.15, 0.2) is 72.9 Å². The standard InChI is InChI=1S/C33H40N4OS/c1-32(2,3)25-16-9-10-18-27(25)38-30-26(17-13-20-34-30)35-31-36-29(28(39-31)24-14-7-6-8-15-24)33(4,5)19-23-37-21-11-12-22-37/h6-10,13-18,20H,11-12,19,21-23H2,1-5H3,(H,35,36).